The van der Waals surface area contributed by atoms with Crippen molar-refractivity contribution in [3.63, 3.8) is 0 Å². The van der Waals surface area contributed by atoms with Gasteiger partial charge >= 0.3 is 0 Å². The van der Waals surface area contributed by atoms with E-state index < -0.39 is 12.1 Å². The fraction of sp³-hybridized carbons (Fsp3) is 0.222. The monoisotopic (exact) mass is 469 g/mol. The molecule has 2 atom stereocenters. The Labute approximate surface area is 202 Å². The van der Waals surface area contributed by atoms with Crippen LogP contribution in [0.15, 0.2) is 85.1 Å². The van der Waals surface area contributed by atoms with Crippen LogP contribution in [0.1, 0.15) is 30.0 Å². The second-order valence-electron chi connectivity index (χ2n) is 8.72. The lowest BCUT2D eigenvalue weighted by molar-refractivity contribution is -0.694. The van der Waals surface area contributed by atoms with E-state index in [0.29, 0.717) is 5.82 Å². The minimum Gasteiger partial charge on any atom is -0.274 e. The average Bonchev–Trinajstić information content (AvgIpc) is 3.30. The largest absolute Gasteiger partial charge is 0.275 e. The van der Waals surface area contributed by atoms with Crippen LogP contribution < -0.4 is 9.88 Å². The lowest BCUT2D eigenvalue weighted by Gasteiger charge is -2.16. The maximum Gasteiger partial charge on any atom is 0.275 e. The van der Waals surface area contributed by atoms with Gasteiger partial charge in [0.1, 0.15) is 0 Å². The van der Waals surface area contributed by atoms with Crippen LogP contribution in [0.2, 0.25) is 0 Å². The van der Waals surface area contributed by atoms with Gasteiger partial charge in [0.25, 0.3) is 17.6 Å². The van der Waals surface area contributed by atoms with Crippen molar-refractivity contribution in [2.24, 2.45) is 0 Å². The minimum absolute atomic E-state index is 0.0260. The molecule has 0 bridgehead atoms. The molecule has 1 aromatic heterocycles. The number of carbonyl (C=O) groups excluding carboxylic acids is 4. The first kappa shape index (κ1) is 22.5. The molecule has 0 saturated carbocycles. The first-order valence-corrected chi connectivity index (χ1v) is 11.5. The van der Waals surface area contributed by atoms with Crippen molar-refractivity contribution in [2.45, 2.75) is 38.0 Å². The summed E-state index contributed by atoms with van der Waals surface area (Å²) in [6.45, 7) is 0.435. The molecule has 3 heterocycles. The number of hydrogen-bond acceptors (Lipinski definition) is 5. The van der Waals surface area contributed by atoms with Crippen LogP contribution in [0.5, 0.6) is 0 Å². The Morgan fingerprint density at radius 1 is 0.686 bits per heavy atom. The zero-order chi connectivity index (χ0) is 24.4. The van der Waals surface area contributed by atoms with Gasteiger partial charge in [-0.25, -0.2) is 4.57 Å². The first-order chi connectivity index (χ1) is 17.0. The second-order valence-corrected chi connectivity index (χ2v) is 8.72. The molecule has 0 spiro atoms. The maximum absolute atomic E-state index is 13.2. The Morgan fingerprint density at radius 3 is 1.86 bits per heavy atom. The highest BCUT2D eigenvalue weighted by Gasteiger charge is 2.45. The zero-order valence-electron chi connectivity index (χ0n) is 19.0. The number of imide groups is 2. The molecule has 0 radical (unpaired) electrons. The van der Waals surface area contributed by atoms with E-state index in [4.69, 9.17) is 0 Å². The van der Waals surface area contributed by atoms with Crippen LogP contribution in [-0.4, -0.2) is 39.5 Å². The summed E-state index contributed by atoms with van der Waals surface area (Å²) in [5, 5.41) is 3.15. The quantitative estimate of drug-likeness (QED) is 0.423. The number of rotatable bonds is 7. The third kappa shape index (κ3) is 4.55. The molecular weight excluding hydrogens is 444 g/mol. The number of benzene rings is 2. The van der Waals surface area contributed by atoms with Gasteiger partial charge in [0, 0.05) is 6.07 Å². The van der Waals surface area contributed by atoms with Gasteiger partial charge in [-0.3, -0.25) is 34.3 Å². The van der Waals surface area contributed by atoms with E-state index in [0.717, 1.165) is 11.1 Å². The predicted octanol–water partition coefficient (Wildman–Crippen LogP) is 2.21. The molecule has 2 aliphatic rings. The van der Waals surface area contributed by atoms with E-state index in [1.807, 2.05) is 60.7 Å². The summed E-state index contributed by atoms with van der Waals surface area (Å²) in [7, 11) is 0. The van der Waals surface area contributed by atoms with Crippen LogP contribution in [0.3, 0.4) is 0 Å². The first-order valence-electron chi connectivity index (χ1n) is 11.5. The van der Waals surface area contributed by atoms with Crippen molar-refractivity contribution >= 4 is 29.4 Å². The molecule has 176 valence electrons. The highest BCUT2D eigenvalue weighted by molar-refractivity contribution is 6.06. The highest BCUT2D eigenvalue weighted by atomic mass is 16.2. The Morgan fingerprint density at radius 2 is 1.23 bits per heavy atom. The topological polar surface area (TPSA) is 90.7 Å². The lowest BCUT2D eigenvalue weighted by Crippen LogP contribution is -2.47. The summed E-state index contributed by atoms with van der Waals surface area (Å²) in [6.07, 6.45) is 1.78. The molecule has 4 amide bonds. The predicted molar refractivity (Wildman–Crippen MR) is 126 cm³/mol. The smallest absolute Gasteiger partial charge is 0.274 e. The normalized spacial score (nSPS) is 20.1. The van der Waals surface area contributed by atoms with Crippen LogP contribution in [0.4, 0.5) is 5.82 Å². The van der Waals surface area contributed by atoms with E-state index in [-0.39, 0.29) is 49.6 Å². The third-order valence-corrected chi connectivity index (χ3v) is 6.38. The molecule has 2 saturated heterocycles. The second kappa shape index (κ2) is 9.50. The number of likely N-dealkylation sites (tertiary alicyclic amines) is 2. The molecule has 5 rings (SSSR count). The number of amides is 4. The molecule has 35 heavy (non-hydrogen) atoms. The van der Waals surface area contributed by atoms with Crippen LogP contribution in [-0.2, 0) is 32.3 Å². The van der Waals surface area contributed by atoms with Crippen molar-refractivity contribution in [3.05, 3.63) is 96.2 Å². The molecule has 0 aliphatic carbocycles. The van der Waals surface area contributed by atoms with Gasteiger partial charge in [0.05, 0.1) is 32.1 Å². The molecule has 1 N–H and O–H groups in total. The highest BCUT2D eigenvalue weighted by Crippen LogP contribution is 2.25. The van der Waals surface area contributed by atoms with Gasteiger partial charge < -0.3 is 0 Å². The van der Waals surface area contributed by atoms with Gasteiger partial charge in [-0.2, -0.15) is 0 Å². The Kier molecular flexibility index (Phi) is 6.10. The number of nitrogens with one attached hydrogen (secondary N) is 1. The fourth-order valence-corrected chi connectivity index (χ4v) is 4.57. The minimum atomic E-state index is -0.743. The molecule has 2 fully saturated rings. The Balaban J connectivity index is 1.32. The molecular formula is C27H25N4O4+. The number of hydrogen-bond donors (Lipinski definition) is 1. The molecule has 3 aromatic rings. The average molecular weight is 470 g/mol. The summed E-state index contributed by atoms with van der Waals surface area (Å²) in [5.41, 5.74) is 1.75. The van der Waals surface area contributed by atoms with Crippen molar-refractivity contribution in [3.8, 4) is 0 Å². The van der Waals surface area contributed by atoms with E-state index in [1.165, 1.54) is 9.80 Å². The molecule has 0 unspecified atom stereocenters. The van der Waals surface area contributed by atoms with Crippen molar-refractivity contribution < 1.29 is 23.7 Å². The molecule has 8 heteroatoms. The van der Waals surface area contributed by atoms with Crippen LogP contribution in [0, 0.1) is 0 Å². The van der Waals surface area contributed by atoms with Gasteiger partial charge in [0.2, 0.25) is 11.8 Å². The lowest BCUT2D eigenvalue weighted by atomic mass is 10.2. The Bertz CT molecular complexity index is 1280. The van der Waals surface area contributed by atoms with Gasteiger partial charge in [-0.1, -0.05) is 66.7 Å². The summed E-state index contributed by atoms with van der Waals surface area (Å²) < 4.78 is 1.68. The number of pyridine rings is 1. The number of nitrogens with zero attached hydrogens (tertiary/aromatic N) is 3. The number of anilines is 1. The van der Waals surface area contributed by atoms with Crippen LogP contribution >= 0.6 is 0 Å². The summed E-state index contributed by atoms with van der Waals surface area (Å²) in [6, 6.07) is 22.6. The van der Waals surface area contributed by atoms with Gasteiger partial charge in [-0.05, 0) is 17.2 Å². The van der Waals surface area contributed by atoms with Crippen molar-refractivity contribution in [1.82, 2.24) is 9.80 Å². The number of aromatic nitrogens is 1. The van der Waals surface area contributed by atoms with E-state index in [2.05, 4.69) is 5.32 Å². The summed E-state index contributed by atoms with van der Waals surface area (Å²) in [4.78, 5) is 54.1. The molecule has 2 aromatic carbocycles. The fourth-order valence-electron chi connectivity index (χ4n) is 4.57. The standard InChI is InChI=1S/C27H24N4O4/c32-24-15-21(26(34)30(24)17-19-9-3-1-4-10-19)28-23-13-7-8-14-29(23)22-16-25(33)31(27(22)35)18-20-11-5-2-6-12-20/h1-14,21-22H,15-18H2/p+1/t21-,22-/m0/s1. The third-order valence-electron chi connectivity index (χ3n) is 6.38. The summed E-state index contributed by atoms with van der Waals surface area (Å²) in [5.74, 6) is -0.591. The van der Waals surface area contributed by atoms with Gasteiger partial charge in [-0.15, -0.1) is 0 Å². The van der Waals surface area contributed by atoms with Crippen molar-refractivity contribution in [2.75, 3.05) is 5.32 Å². The van der Waals surface area contributed by atoms with E-state index in [1.54, 1.807) is 29.0 Å². The van der Waals surface area contributed by atoms with Crippen LogP contribution in [0.25, 0.3) is 0 Å². The summed E-state index contributed by atoms with van der Waals surface area (Å²) >= 11 is 0. The van der Waals surface area contributed by atoms with E-state index in [9.17, 15) is 19.2 Å². The van der Waals surface area contributed by atoms with E-state index >= 15 is 0 Å². The molecule has 2 aliphatic heterocycles. The molecule has 8 nitrogen and oxygen atoms in total. The maximum atomic E-state index is 13.2. The zero-order valence-corrected chi connectivity index (χ0v) is 19.0. The van der Waals surface area contributed by atoms with Crippen molar-refractivity contribution in [1.29, 1.82) is 0 Å². The van der Waals surface area contributed by atoms with Gasteiger partial charge in [0.15, 0.2) is 12.1 Å². The number of carbonyl (C=O) groups is 4. The SMILES string of the molecule is O=C1C[C@H](Nc2cccc[n+]2[C@H]2CC(=O)N(Cc3ccccc3)C2=O)C(=O)N1Cc1ccccc1. The Hall–Kier alpha value is -4.33.